The van der Waals surface area contributed by atoms with Crippen LogP contribution < -0.4 is 0 Å². The van der Waals surface area contributed by atoms with E-state index in [0.717, 1.165) is 5.56 Å². The van der Waals surface area contributed by atoms with E-state index in [-0.39, 0.29) is 0 Å². The van der Waals surface area contributed by atoms with Crippen LogP contribution in [0.5, 0.6) is 0 Å². The monoisotopic (exact) mass is 264 g/mol. The van der Waals surface area contributed by atoms with E-state index in [0.29, 0.717) is 5.54 Å². The molecule has 0 aliphatic carbocycles. The van der Waals surface area contributed by atoms with Gasteiger partial charge in [-0.25, -0.2) is 0 Å². The molecule has 0 aliphatic rings. The molecule has 1 heteroatoms. The summed E-state index contributed by atoms with van der Waals surface area (Å²) < 4.78 is 0. The Morgan fingerprint density at radius 1 is 0.789 bits per heavy atom. The molecule has 0 saturated heterocycles. The molecule has 96 valence electrons. The van der Waals surface area contributed by atoms with Gasteiger partial charge in [0.15, 0.2) is 0 Å². The van der Waals surface area contributed by atoms with E-state index in [1.807, 2.05) is 18.2 Å². The van der Waals surface area contributed by atoms with Gasteiger partial charge in [0.2, 0.25) is 0 Å². The van der Waals surface area contributed by atoms with Crippen molar-refractivity contribution in [2.24, 2.45) is 0 Å². The standard InChI is InChI=1S/C18H20Si/c1-19(2,3)18(17-12-8-5-9-13-17)15-14-16-10-6-4-7-11-16/h4-13,18H,1-3H3/t18-/m1/s1. The van der Waals surface area contributed by atoms with Gasteiger partial charge in [0.05, 0.1) is 8.07 Å². The molecule has 2 aromatic rings. The van der Waals surface area contributed by atoms with Crippen LogP contribution in [-0.2, 0) is 0 Å². The number of benzene rings is 2. The van der Waals surface area contributed by atoms with Crippen LogP contribution in [0.25, 0.3) is 0 Å². The van der Waals surface area contributed by atoms with Crippen LogP contribution in [0.1, 0.15) is 16.7 Å². The molecular formula is C18H20Si. The van der Waals surface area contributed by atoms with Crippen LogP contribution in [0, 0.1) is 11.8 Å². The van der Waals surface area contributed by atoms with Crippen LogP contribution in [-0.4, -0.2) is 8.07 Å². The molecular weight excluding hydrogens is 244 g/mol. The predicted octanol–water partition coefficient (Wildman–Crippen LogP) is 4.70. The number of hydrogen-bond donors (Lipinski definition) is 0. The Morgan fingerprint density at radius 2 is 1.32 bits per heavy atom. The minimum atomic E-state index is -1.35. The summed E-state index contributed by atoms with van der Waals surface area (Å²) >= 11 is 0. The number of rotatable bonds is 2. The van der Waals surface area contributed by atoms with Gasteiger partial charge in [-0.15, -0.1) is 0 Å². The van der Waals surface area contributed by atoms with Crippen molar-refractivity contribution in [3.05, 3.63) is 71.8 Å². The van der Waals surface area contributed by atoms with Crippen LogP contribution in [0.3, 0.4) is 0 Å². The maximum absolute atomic E-state index is 3.50. The summed E-state index contributed by atoms with van der Waals surface area (Å²) in [5.74, 6) is 6.84. The van der Waals surface area contributed by atoms with Gasteiger partial charge in [-0.1, -0.05) is 80.0 Å². The van der Waals surface area contributed by atoms with E-state index >= 15 is 0 Å². The van der Waals surface area contributed by atoms with Crippen molar-refractivity contribution in [1.29, 1.82) is 0 Å². The summed E-state index contributed by atoms with van der Waals surface area (Å²) in [4.78, 5) is 0. The SMILES string of the molecule is C[Si](C)(C)[C@H](C#Cc1ccccc1)c1ccccc1. The van der Waals surface area contributed by atoms with E-state index in [1.54, 1.807) is 0 Å². The molecule has 0 bridgehead atoms. The van der Waals surface area contributed by atoms with Crippen molar-refractivity contribution in [3.8, 4) is 11.8 Å². The van der Waals surface area contributed by atoms with Crippen LogP contribution in [0.2, 0.25) is 19.6 Å². The largest absolute Gasteiger partial charge is 0.0929 e. The lowest BCUT2D eigenvalue weighted by atomic mass is 10.1. The summed E-state index contributed by atoms with van der Waals surface area (Å²) in [6.45, 7) is 7.14. The molecule has 0 heterocycles. The molecule has 0 unspecified atom stereocenters. The highest BCUT2D eigenvalue weighted by atomic mass is 28.3. The van der Waals surface area contributed by atoms with Gasteiger partial charge in [-0.2, -0.15) is 0 Å². The van der Waals surface area contributed by atoms with Crippen molar-refractivity contribution >= 4 is 8.07 Å². The Balaban J connectivity index is 2.34. The Morgan fingerprint density at radius 3 is 1.84 bits per heavy atom. The van der Waals surface area contributed by atoms with Crippen LogP contribution >= 0.6 is 0 Å². The predicted molar refractivity (Wildman–Crippen MR) is 85.8 cm³/mol. The van der Waals surface area contributed by atoms with Gasteiger partial charge in [-0.3, -0.25) is 0 Å². The summed E-state index contributed by atoms with van der Waals surface area (Å²) in [5.41, 5.74) is 2.83. The van der Waals surface area contributed by atoms with Crippen LogP contribution in [0.15, 0.2) is 60.7 Å². The lowest BCUT2D eigenvalue weighted by molar-refractivity contribution is 1.17. The first-order valence-corrected chi connectivity index (χ1v) is 10.3. The smallest absolute Gasteiger partial charge is 0.0668 e. The normalized spacial score (nSPS) is 12.4. The minimum Gasteiger partial charge on any atom is -0.0929 e. The molecule has 0 radical (unpaired) electrons. The Kier molecular flexibility index (Phi) is 4.24. The average molecular weight is 264 g/mol. The van der Waals surface area contributed by atoms with E-state index in [9.17, 15) is 0 Å². The van der Waals surface area contributed by atoms with Gasteiger partial charge in [-0.05, 0) is 17.7 Å². The number of hydrogen-bond acceptors (Lipinski definition) is 0. The quantitative estimate of drug-likeness (QED) is 0.545. The highest BCUT2D eigenvalue weighted by molar-refractivity contribution is 6.78. The fourth-order valence-corrected chi connectivity index (χ4v) is 3.82. The fraction of sp³-hybridized carbons (Fsp3) is 0.222. The Labute approximate surface area is 117 Å². The maximum Gasteiger partial charge on any atom is 0.0668 e. The minimum absolute atomic E-state index is 0.383. The third kappa shape index (κ3) is 3.84. The second-order valence-corrected chi connectivity index (χ2v) is 11.2. The van der Waals surface area contributed by atoms with Gasteiger partial charge >= 0.3 is 0 Å². The maximum atomic E-state index is 3.50. The molecule has 0 N–H and O–H groups in total. The molecule has 0 spiro atoms. The molecule has 2 aromatic carbocycles. The average Bonchev–Trinajstić information content (AvgIpc) is 2.40. The Hall–Kier alpha value is -1.78. The second kappa shape index (κ2) is 5.91. The van der Waals surface area contributed by atoms with Crippen LogP contribution in [0.4, 0.5) is 0 Å². The molecule has 2 rings (SSSR count). The zero-order chi connectivity index (χ0) is 13.7. The second-order valence-electron chi connectivity index (χ2n) is 5.85. The highest BCUT2D eigenvalue weighted by Crippen LogP contribution is 2.26. The van der Waals surface area contributed by atoms with Crippen molar-refractivity contribution in [3.63, 3.8) is 0 Å². The van der Waals surface area contributed by atoms with Crippen molar-refractivity contribution in [2.75, 3.05) is 0 Å². The zero-order valence-corrected chi connectivity index (χ0v) is 12.9. The van der Waals surface area contributed by atoms with E-state index < -0.39 is 8.07 Å². The molecule has 0 nitrogen and oxygen atoms in total. The molecule has 1 atom stereocenters. The topological polar surface area (TPSA) is 0 Å². The first-order valence-electron chi connectivity index (χ1n) is 6.69. The lowest BCUT2D eigenvalue weighted by Crippen LogP contribution is -2.30. The summed E-state index contributed by atoms with van der Waals surface area (Å²) in [6.07, 6.45) is 0. The van der Waals surface area contributed by atoms with E-state index in [4.69, 9.17) is 0 Å². The van der Waals surface area contributed by atoms with Crippen molar-refractivity contribution in [1.82, 2.24) is 0 Å². The first kappa shape index (κ1) is 13.6. The molecule has 0 amide bonds. The van der Waals surface area contributed by atoms with Gasteiger partial charge in [0.25, 0.3) is 0 Å². The lowest BCUT2D eigenvalue weighted by Gasteiger charge is -2.24. The van der Waals surface area contributed by atoms with Gasteiger partial charge in [0, 0.05) is 11.1 Å². The first-order chi connectivity index (χ1) is 9.07. The third-order valence-corrected chi connectivity index (χ3v) is 5.34. The summed E-state index contributed by atoms with van der Waals surface area (Å²) in [5, 5.41) is 0. The molecule has 0 aliphatic heterocycles. The van der Waals surface area contributed by atoms with E-state index in [1.165, 1.54) is 5.56 Å². The summed E-state index contributed by atoms with van der Waals surface area (Å²) in [6, 6.07) is 20.9. The third-order valence-electron chi connectivity index (χ3n) is 3.13. The summed E-state index contributed by atoms with van der Waals surface area (Å²) in [7, 11) is -1.35. The van der Waals surface area contributed by atoms with Gasteiger partial charge in [0.1, 0.15) is 0 Å². The highest BCUT2D eigenvalue weighted by Gasteiger charge is 2.26. The van der Waals surface area contributed by atoms with Crippen molar-refractivity contribution in [2.45, 2.75) is 25.2 Å². The zero-order valence-electron chi connectivity index (χ0n) is 11.9. The van der Waals surface area contributed by atoms with E-state index in [2.05, 4.69) is 73.9 Å². The molecule has 19 heavy (non-hydrogen) atoms. The van der Waals surface area contributed by atoms with Gasteiger partial charge < -0.3 is 0 Å². The fourth-order valence-electron chi connectivity index (χ4n) is 2.12. The molecule has 0 aromatic heterocycles. The Bertz CT molecular complexity index is 568. The molecule has 0 saturated carbocycles. The van der Waals surface area contributed by atoms with Crippen molar-refractivity contribution < 1.29 is 0 Å². The molecule has 0 fully saturated rings.